The Kier molecular flexibility index (Phi) is 4.94. The fourth-order valence-corrected chi connectivity index (χ4v) is 2.11. The maximum absolute atomic E-state index is 12.3. The molecule has 0 aliphatic rings. The minimum Gasteiger partial charge on any atom is -0.350 e. The lowest BCUT2D eigenvalue weighted by Gasteiger charge is -2.11. The highest BCUT2D eigenvalue weighted by molar-refractivity contribution is 6.06. The Bertz CT molecular complexity index is 693. The van der Waals surface area contributed by atoms with Crippen molar-refractivity contribution in [2.45, 2.75) is 26.8 Å². The average molecular weight is 296 g/mol. The van der Waals surface area contributed by atoms with Crippen molar-refractivity contribution in [1.29, 1.82) is 0 Å². The van der Waals surface area contributed by atoms with Gasteiger partial charge in [0.2, 0.25) is 0 Å². The molecular weight excluding hydrogens is 276 g/mol. The topological polar surface area (TPSA) is 58.2 Å². The van der Waals surface area contributed by atoms with Gasteiger partial charge in [0.1, 0.15) is 0 Å². The fraction of sp³-hybridized carbons (Fsp3) is 0.222. The van der Waals surface area contributed by atoms with Gasteiger partial charge in [0.15, 0.2) is 0 Å². The van der Waals surface area contributed by atoms with Crippen LogP contribution in [-0.2, 0) is 0 Å². The lowest BCUT2D eigenvalue weighted by molar-refractivity contribution is 0.0941. The number of aryl methyl sites for hydroxylation is 1. The lowest BCUT2D eigenvalue weighted by atomic mass is 10.1. The molecule has 0 spiro atoms. The molecule has 0 saturated carbocycles. The van der Waals surface area contributed by atoms with E-state index in [2.05, 4.69) is 10.6 Å². The Morgan fingerprint density at radius 3 is 2.36 bits per heavy atom. The zero-order valence-corrected chi connectivity index (χ0v) is 13.0. The van der Waals surface area contributed by atoms with Crippen LogP contribution in [0.2, 0.25) is 0 Å². The van der Waals surface area contributed by atoms with Crippen molar-refractivity contribution in [2.24, 2.45) is 0 Å². The van der Waals surface area contributed by atoms with Crippen molar-refractivity contribution in [3.63, 3.8) is 0 Å². The van der Waals surface area contributed by atoms with Crippen molar-refractivity contribution in [2.75, 3.05) is 5.32 Å². The first-order chi connectivity index (χ1) is 10.5. The lowest BCUT2D eigenvalue weighted by Crippen LogP contribution is -2.30. The Morgan fingerprint density at radius 2 is 1.68 bits per heavy atom. The molecule has 2 N–H and O–H groups in total. The first-order valence-electron chi connectivity index (χ1n) is 7.25. The molecule has 0 saturated heterocycles. The number of amides is 2. The van der Waals surface area contributed by atoms with Crippen LogP contribution in [0.3, 0.4) is 0 Å². The highest BCUT2D eigenvalue weighted by Crippen LogP contribution is 2.14. The summed E-state index contributed by atoms with van der Waals surface area (Å²) < 4.78 is 0. The van der Waals surface area contributed by atoms with E-state index < -0.39 is 0 Å². The van der Waals surface area contributed by atoms with Gasteiger partial charge in [-0.15, -0.1) is 0 Å². The van der Waals surface area contributed by atoms with Crippen molar-refractivity contribution >= 4 is 17.5 Å². The Balaban J connectivity index is 2.15. The van der Waals surface area contributed by atoms with E-state index in [1.165, 1.54) is 0 Å². The van der Waals surface area contributed by atoms with Crippen LogP contribution in [0.4, 0.5) is 5.69 Å². The summed E-state index contributed by atoms with van der Waals surface area (Å²) in [5.41, 5.74) is 2.66. The molecule has 2 aromatic rings. The van der Waals surface area contributed by atoms with Crippen LogP contribution in [0.15, 0.2) is 48.5 Å². The van der Waals surface area contributed by atoms with Crippen molar-refractivity contribution in [3.8, 4) is 0 Å². The molecule has 0 fully saturated rings. The van der Waals surface area contributed by atoms with E-state index in [1.54, 1.807) is 30.3 Å². The summed E-state index contributed by atoms with van der Waals surface area (Å²) in [5.74, 6) is -0.332. The van der Waals surface area contributed by atoms with Crippen LogP contribution in [0.5, 0.6) is 0 Å². The van der Waals surface area contributed by atoms with Crippen molar-refractivity contribution < 1.29 is 9.59 Å². The first-order valence-corrected chi connectivity index (χ1v) is 7.25. The molecule has 2 rings (SSSR count). The number of carbonyl (C=O) groups is 2. The van der Waals surface area contributed by atoms with Crippen LogP contribution in [0.25, 0.3) is 0 Å². The monoisotopic (exact) mass is 296 g/mol. The first kappa shape index (κ1) is 15.8. The number of anilines is 1. The van der Waals surface area contributed by atoms with E-state index in [0.717, 1.165) is 5.56 Å². The van der Waals surface area contributed by atoms with Gasteiger partial charge in [-0.2, -0.15) is 0 Å². The van der Waals surface area contributed by atoms with Gasteiger partial charge in [-0.05, 0) is 50.6 Å². The average Bonchev–Trinajstić information content (AvgIpc) is 2.47. The minimum absolute atomic E-state index is 0.0673. The van der Waals surface area contributed by atoms with Crippen LogP contribution in [0.1, 0.15) is 40.1 Å². The largest absolute Gasteiger partial charge is 0.350 e. The normalized spacial score (nSPS) is 10.4. The number of benzene rings is 2. The van der Waals surface area contributed by atoms with E-state index in [9.17, 15) is 9.59 Å². The number of rotatable bonds is 4. The van der Waals surface area contributed by atoms with Gasteiger partial charge in [0.25, 0.3) is 11.8 Å². The molecule has 0 atom stereocenters. The summed E-state index contributed by atoms with van der Waals surface area (Å²) in [7, 11) is 0. The van der Waals surface area contributed by atoms with E-state index >= 15 is 0 Å². The van der Waals surface area contributed by atoms with E-state index in [4.69, 9.17) is 0 Å². The molecule has 4 heteroatoms. The number of nitrogens with one attached hydrogen (secondary N) is 2. The molecule has 2 aromatic carbocycles. The molecule has 0 aliphatic heterocycles. The van der Waals surface area contributed by atoms with Gasteiger partial charge < -0.3 is 10.6 Å². The Labute approximate surface area is 130 Å². The summed E-state index contributed by atoms with van der Waals surface area (Å²) in [6.45, 7) is 5.70. The molecule has 0 aliphatic carbocycles. The number of carbonyl (C=O) groups excluding carboxylic acids is 2. The van der Waals surface area contributed by atoms with Gasteiger partial charge in [0.05, 0.1) is 0 Å². The van der Waals surface area contributed by atoms with Gasteiger partial charge in [-0.3, -0.25) is 9.59 Å². The van der Waals surface area contributed by atoms with Gasteiger partial charge in [-0.25, -0.2) is 0 Å². The zero-order chi connectivity index (χ0) is 16.1. The number of hydrogen-bond donors (Lipinski definition) is 2. The van der Waals surface area contributed by atoms with Gasteiger partial charge >= 0.3 is 0 Å². The van der Waals surface area contributed by atoms with Crippen LogP contribution < -0.4 is 10.6 Å². The van der Waals surface area contributed by atoms with E-state index in [-0.39, 0.29) is 17.9 Å². The molecule has 114 valence electrons. The smallest absolute Gasteiger partial charge is 0.255 e. The molecule has 0 radical (unpaired) electrons. The van der Waals surface area contributed by atoms with E-state index in [0.29, 0.717) is 16.8 Å². The summed E-state index contributed by atoms with van der Waals surface area (Å²) in [4.78, 5) is 24.3. The maximum Gasteiger partial charge on any atom is 0.255 e. The third-order valence-electron chi connectivity index (χ3n) is 3.19. The maximum atomic E-state index is 12.3. The minimum atomic E-state index is -0.181. The summed E-state index contributed by atoms with van der Waals surface area (Å²) in [6.07, 6.45) is 0. The second-order valence-corrected chi connectivity index (χ2v) is 5.48. The van der Waals surface area contributed by atoms with Crippen molar-refractivity contribution in [3.05, 3.63) is 65.2 Å². The fourth-order valence-electron chi connectivity index (χ4n) is 2.11. The van der Waals surface area contributed by atoms with Crippen LogP contribution in [-0.4, -0.2) is 17.9 Å². The standard InChI is InChI=1S/C18H20N2O2/c1-12(2)19-17(21)14-8-6-9-15(11-14)20-18(22)16-10-5-4-7-13(16)3/h4-12H,1-3H3,(H,19,21)(H,20,22). The van der Waals surface area contributed by atoms with Crippen molar-refractivity contribution in [1.82, 2.24) is 5.32 Å². The van der Waals surface area contributed by atoms with Crippen LogP contribution in [0, 0.1) is 6.92 Å². The molecule has 2 amide bonds. The second kappa shape index (κ2) is 6.89. The van der Waals surface area contributed by atoms with E-state index in [1.807, 2.05) is 39.0 Å². The summed E-state index contributed by atoms with van der Waals surface area (Å²) >= 11 is 0. The zero-order valence-electron chi connectivity index (χ0n) is 13.0. The summed E-state index contributed by atoms with van der Waals surface area (Å²) in [6, 6.07) is 14.4. The Morgan fingerprint density at radius 1 is 0.955 bits per heavy atom. The predicted octanol–water partition coefficient (Wildman–Crippen LogP) is 3.39. The van der Waals surface area contributed by atoms with Gasteiger partial charge in [-0.1, -0.05) is 24.3 Å². The quantitative estimate of drug-likeness (QED) is 0.908. The Hall–Kier alpha value is -2.62. The third-order valence-corrected chi connectivity index (χ3v) is 3.19. The predicted molar refractivity (Wildman–Crippen MR) is 88.2 cm³/mol. The van der Waals surface area contributed by atoms with Gasteiger partial charge in [0, 0.05) is 22.9 Å². The SMILES string of the molecule is Cc1ccccc1C(=O)Nc1cccc(C(=O)NC(C)C)c1. The molecule has 0 bridgehead atoms. The number of hydrogen-bond acceptors (Lipinski definition) is 2. The summed E-state index contributed by atoms with van der Waals surface area (Å²) in [5, 5.41) is 5.66. The highest BCUT2D eigenvalue weighted by atomic mass is 16.2. The molecule has 0 aromatic heterocycles. The second-order valence-electron chi connectivity index (χ2n) is 5.48. The van der Waals surface area contributed by atoms with Crippen LogP contribution >= 0.6 is 0 Å². The third kappa shape index (κ3) is 3.95. The molecular formula is C18H20N2O2. The molecule has 0 heterocycles. The highest BCUT2D eigenvalue weighted by Gasteiger charge is 2.11. The molecule has 22 heavy (non-hydrogen) atoms. The molecule has 0 unspecified atom stereocenters. The molecule has 4 nitrogen and oxygen atoms in total.